The van der Waals surface area contributed by atoms with Gasteiger partial charge in [0, 0.05) is 37.6 Å². The van der Waals surface area contributed by atoms with E-state index in [-0.39, 0.29) is 6.04 Å². The highest BCUT2D eigenvalue weighted by Gasteiger charge is 2.29. The number of nitrogens with zero attached hydrogens (tertiary/aromatic N) is 4. The van der Waals surface area contributed by atoms with Gasteiger partial charge in [-0.3, -0.25) is 0 Å². The van der Waals surface area contributed by atoms with Gasteiger partial charge >= 0.3 is 0 Å². The first-order valence-electron chi connectivity index (χ1n) is 11.8. The number of piperazine rings is 1. The van der Waals surface area contributed by atoms with Crippen LogP contribution in [0.25, 0.3) is 10.9 Å². The van der Waals surface area contributed by atoms with Crippen molar-refractivity contribution in [1.82, 2.24) is 14.3 Å². The molecule has 8 heteroatoms. The minimum atomic E-state index is -3.52. The Kier molecular flexibility index (Phi) is 6.40. The first-order valence-corrected chi connectivity index (χ1v) is 13.3. The van der Waals surface area contributed by atoms with Gasteiger partial charge in [-0.2, -0.15) is 9.29 Å². The second-order valence-corrected chi connectivity index (χ2v) is 10.8. The number of hydrogen-bond donors (Lipinski definition) is 1. The molecule has 0 amide bonds. The van der Waals surface area contributed by atoms with Gasteiger partial charge in [0.25, 0.3) is 0 Å². The molecule has 0 saturated carbocycles. The molecule has 180 valence electrons. The van der Waals surface area contributed by atoms with Crippen LogP contribution in [0.15, 0.2) is 83.8 Å². The van der Waals surface area contributed by atoms with Crippen molar-refractivity contribution in [3.63, 3.8) is 0 Å². The molecule has 1 aliphatic rings. The predicted molar refractivity (Wildman–Crippen MR) is 140 cm³/mol. The van der Waals surface area contributed by atoms with Gasteiger partial charge in [-0.1, -0.05) is 60.2 Å². The summed E-state index contributed by atoms with van der Waals surface area (Å²) in [5, 5.41) is 4.51. The van der Waals surface area contributed by atoms with E-state index in [1.54, 1.807) is 16.4 Å². The Morgan fingerprint density at radius 3 is 2.20 bits per heavy atom. The molecule has 3 aromatic carbocycles. The summed E-state index contributed by atoms with van der Waals surface area (Å²) in [6.45, 7) is 5.88. The summed E-state index contributed by atoms with van der Waals surface area (Å²) in [6, 6.07) is 25.3. The monoisotopic (exact) mass is 487 g/mol. The number of anilines is 2. The number of para-hydroxylation sites is 1. The Hall–Kier alpha value is -3.49. The van der Waals surface area contributed by atoms with Gasteiger partial charge in [-0.15, -0.1) is 0 Å². The second-order valence-electron chi connectivity index (χ2n) is 8.87. The zero-order valence-electron chi connectivity index (χ0n) is 19.9. The molecule has 7 nitrogen and oxygen atoms in total. The van der Waals surface area contributed by atoms with Gasteiger partial charge in [-0.25, -0.2) is 13.4 Å². The molecule has 1 aromatic heterocycles. The summed E-state index contributed by atoms with van der Waals surface area (Å²) in [4.78, 5) is 12.1. The second kappa shape index (κ2) is 9.64. The summed E-state index contributed by atoms with van der Waals surface area (Å²) in [5.41, 5.74) is 3.06. The molecule has 0 radical (unpaired) electrons. The fourth-order valence-electron chi connectivity index (χ4n) is 4.33. The van der Waals surface area contributed by atoms with E-state index in [0.29, 0.717) is 37.0 Å². The van der Waals surface area contributed by atoms with E-state index in [9.17, 15) is 8.42 Å². The molecule has 4 aromatic rings. The smallest absolute Gasteiger partial charge is 0.243 e. The van der Waals surface area contributed by atoms with Gasteiger partial charge in [-0.05, 0) is 43.7 Å². The fraction of sp³-hybridized carbons (Fsp3) is 0.259. The number of benzene rings is 3. The van der Waals surface area contributed by atoms with E-state index in [4.69, 9.17) is 9.97 Å². The van der Waals surface area contributed by atoms with Crippen LogP contribution < -0.4 is 10.2 Å². The SMILES string of the molecule is Cc1ccc(S(=O)(=O)N2CCN(c3nc(N[C@H](C)c4ccccc4)c4ccccc4n3)CC2)cc1. The average Bonchev–Trinajstić information content (AvgIpc) is 2.89. The topological polar surface area (TPSA) is 78.4 Å². The van der Waals surface area contributed by atoms with Crippen LogP contribution in [-0.2, 0) is 10.0 Å². The Bertz CT molecular complexity index is 1420. The highest BCUT2D eigenvalue weighted by atomic mass is 32.2. The molecule has 35 heavy (non-hydrogen) atoms. The number of aryl methyl sites for hydroxylation is 1. The number of sulfonamides is 1. The van der Waals surface area contributed by atoms with Crippen LogP contribution in [0.5, 0.6) is 0 Å². The van der Waals surface area contributed by atoms with Crippen molar-refractivity contribution >= 4 is 32.7 Å². The zero-order chi connectivity index (χ0) is 24.4. The fourth-order valence-corrected chi connectivity index (χ4v) is 5.76. The Labute approximate surface area is 206 Å². The van der Waals surface area contributed by atoms with E-state index in [1.165, 1.54) is 5.56 Å². The number of aromatic nitrogens is 2. The highest BCUT2D eigenvalue weighted by molar-refractivity contribution is 7.89. The number of hydrogen-bond acceptors (Lipinski definition) is 6. The van der Waals surface area contributed by atoms with Gasteiger partial charge in [0.15, 0.2) is 0 Å². The van der Waals surface area contributed by atoms with E-state index in [1.807, 2.05) is 61.5 Å². The molecule has 0 unspecified atom stereocenters. The molecule has 0 aliphatic carbocycles. The standard InChI is InChI=1S/C27H29N5O2S/c1-20-12-14-23(15-13-20)35(33,34)32-18-16-31(17-19-32)27-29-25-11-7-6-10-24(25)26(30-27)28-21(2)22-8-4-3-5-9-22/h3-15,21H,16-19H2,1-2H3,(H,28,29,30)/t21-/m1/s1. The number of nitrogens with one attached hydrogen (secondary N) is 1. The highest BCUT2D eigenvalue weighted by Crippen LogP contribution is 2.28. The van der Waals surface area contributed by atoms with Crippen molar-refractivity contribution in [2.24, 2.45) is 0 Å². The summed E-state index contributed by atoms with van der Waals surface area (Å²) in [5.74, 6) is 1.38. The first kappa shape index (κ1) is 23.3. The first-order chi connectivity index (χ1) is 16.9. The summed E-state index contributed by atoms with van der Waals surface area (Å²) < 4.78 is 27.7. The molecule has 1 saturated heterocycles. The molecule has 1 N–H and O–H groups in total. The van der Waals surface area contributed by atoms with Crippen molar-refractivity contribution in [3.8, 4) is 0 Å². The summed E-state index contributed by atoms with van der Waals surface area (Å²) in [7, 11) is -3.52. The van der Waals surface area contributed by atoms with Crippen molar-refractivity contribution in [3.05, 3.63) is 90.0 Å². The van der Waals surface area contributed by atoms with Gasteiger partial charge in [0.05, 0.1) is 10.4 Å². The largest absolute Gasteiger partial charge is 0.363 e. The van der Waals surface area contributed by atoms with Crippen molar-refractivity contribution in [1.29, 1.82) is 0 Å². The number of rotatable bonds is 6. The maximum Gasteiger partial charge on any atom is 0.243 e. The summed E-state index contributed by atoms with van der Waals surface area (Å²) >= 11 is 0. The minimum Gasteiger partial charge on any atom is -0.363 e. The minimum absolute atomic E-state index is 0.0684. The third-order valence-corrected chi connectivity index (χ3v) is 8.34. The lowest BCUT2D eigenvalue weighted by Gasteiger charge is -2.34. The maximum atomic E-state index is 13.1. The zero-order valence-corrected chi connectivity index (χ0v) is 20.7. The Morgan fingerprint density at radius 1 is 0.829 bits per heavy atom. The third kappa shape index (κ3) is 4.85. The van der Waals surface area contributed by atoms with Crippen LogP contribution in [-0.4, -0.2) is 48.9 Å². The van der Waals surface area contributed by atoms with Gasteiger partial charge in [0.2, 0.25) is 16.0 Å². The van der Waals surface area contributed by atoms with Crippen LogP contribution in [0.1, 0.15) is 24.1 Å². The van der Waals surface area contributed by atoms with E-state index < -0.39 is 10.0 Å². The van der Waals surface area contributed by atoms with E-state index in [2.05, 4.69) is 29.3 Å². The Balaban J connectivity index is 1.37. The lowest BCUT2D eigenvalue weighted by molar-refractivity contribution is 0.382. The van der Waals surface area contributed by atoms with Crippen LogP contribution in [0.3, 0.4) is 0 Å². The normalized spacial score (nSPS) is 15.8. The van der Waals surface area contributed by atoms with Crippen LogP contribution in [0, 0.1) is 6.92 Å². The number of fused-ring (bicyclic) bond motifs is 1. The van der Waals surface area contributed by atoms with Crippen LogP contribution in [0.4, 0.5) is 11.8 Å². The van der Waals surface area contributed by atoms with Gasteiger partial charge in [0.1, 0.15) is 5.82 Å². The Morgan fingerprint density at radius 2 is 1.49 bits per heavy atom. The molecule has 2 heterocycles. The van der Waals surface area contributed by atoms with E-state index >= 15 is 0 Å². The molecule has 0 bridgehead atoms. The van der Waals surface area contributed by atoms with E-state index in [0.717, 1.165) is 22.3 Å². The molecule has 5 rings (SSSR count). The molecular formula is C27H29N5O2S. The van der Waals surface area contributed by atoms with Crippen molar-refractivity contribution in [2.75, 3.05) is 36.4 Å². The molecular weight excluding hydrogens is 458 g/mol. The maximum absolute atomic E-state index is 13.1. The third-order valence-electron chi connectivity index (χ3n) is 6.42. The average molecular weight is 488 g/mol. The lowest BCUT2D eigenvalue weighted by Crippen LogP contribution is -2.49. The molecule has 1 fully saturated rings. The van der Waals surface area contributed by atoms with Crippen molar-refractivity contribution < 1.29 is 8.42 Å². The van der Waals surface area contributed by atoms with Gasteiger partial charge < -0.3 is 10.2 Å². The van der Waals surface area contributed by atoms with Crippen molar-refractivity contribution in [2.45, 2.75) is 24.8 Å². The predicted octanol–water partition coefficient (Wildman–Crippen LogP) is 4.62. The molecule has 1 aliphatic heterocycles. The van der Waals surface area contributed by atoms with Crippen LogP contribution >= 0.6 is 0 Å². The molecule has 1 atom stereocenters. The van der Waals surface area contributed by atoms with Crippen LogP contribution in [0.2, 0.25) is 0 Å². The molecule has 0 spiro atoms. The quantitative estimate of drug-likeness (QED) is 0.428. The summed E-state index contributed by atoms with van der Waals surface area (Å²) in [6.07, 6.45) is 0. The lowest BCUT2D eigenvalue weighted by atomic mass is 10.1.